The van der Waals surface area contributed by atoms with Gasteiger partial charge in [0.05, 0.1) is 12.2 Å². The van der Waals surface area contributed by atoms with Crippen molar-refractivity contribution in [3.63, 3.8) is 0 Å². The van der Waals surface area contributed by atoms with Crippen molar-refractivity contribution < 1.29 is 4.79 Å². The van der Waals surface area contributed by atoms with Crippen LogP contribution in [-0.4, -0.2) is 29.6 Å². The second-order valence-electron chi connectivity index (χ2n) is 7.02. The van der Waals surface area contributed by atoms with E-state index in [4.69, 9.17) is 0 Å². The van der Waals surface area contributed by atoms with Crippen LogP contribution < -0.4 is 5.32 Å². The summed E-state index contributed by atoms with van der Waals surface area (Å²) in [6, 6.07) is -0.00304. The van der Waals surface area contributed by atoms with Gasteiger partial charge in [-0.1, -0.05) is 27.7 Å². The van der Waals surface area contributed by atoms with Crippen molar-refractivity contribution in [2.75, 3.05) is 6.54 Å². The average Bonchev–Trinajstić information content (AvgIpc) is 2.99. The highest BCUT2D eigenvalue weighted by Gasteiger charge is 2.50. The first-order valence-corrected chi connectivity index (χ1v) is 7.42. The highest BCUT2D eigenvalue weighted by Crippen LogP contribution is 2.52. The number of hydrogen-bond acceptors (Lipinski definition) is 2. The van der Waals surface area contributed by atoms with Gasteiger partial charge in [0.2, 0.25) is 5.91 Å². The van der Waals surface area contributed by atoms with Gasteiger partial charge in [-0.3, -0.25) is 10.1 Å². The Balaban J connectivity index is 2.05. The summed E-state index contributed by atoms with van der Waals surface area (Å²) in [7, 11) is 0. The van der Waals surface area contributed by atoms with Gasteiger partial charge in [-0.2, -0.15) is 0 Å². The van der Waals surface area contributed by atoms with Crippen LogP contribution in [0.5, 0.6) is 0 Å². The van der Waals surface area contributed by atoms with Gasteiger partial charge in [0.1, 0.15) is 0 Å². The number of rotatable bonds is 5. The molecule has 0 aromatic carbocycles. The van der Waals surface area contributed by atoms with Gasteiger partial charge >= 0.3 is 0 Å². The van der Waals surface area contributed by atoms with Crippen molar-refractivity contribution in [3.05, 3.63) is 0 Å². The monoisotopic (exact) mass is 252 g/mol. The van der Waals surface area contributed by atoms with E-state index in [0.717, 1.165) is 13.0 Å². The molecule has 2 unspecified atom stereocenters. The van der Waals surface area contributed by atoms with Crippen LogP contribution in [0.1, 0.15) is 53.9 Å². The third kappa shape index (κ3) is 2.56. The van der Waals surface area contributed by atoms with Crippen LogP contribution >= 0.6 is 0 Å². The van der Waals surface area contributed by atoms with Crippen molar-refractivity contribution in [2.45, 2.75) is 66.1 Å². The van der Waals surface area contributed by atoms with Gasteiger partial charge in [0, 0.05) is 6.54 Å². The zero-order valence-corrected chi connectivity index (χ0v) is 12.5. The normalized spacial score (nSPS) is 30.6. The first-order valence-electron chi connectivity index (χ1n) is 7.42. The van der Waals surface area contributed by atoms with Crippen LogP contribution in [-0.2, 0) is 4.79 Å². The van der Waals surface area contributed by atoms with Crippen molar-refractivity contribution >= 4 is 5.91 Å². The summed E-state index contributed by atoms with van der Waals surface area (Å²) >= 11 is 0. The Bertz CT molecular complexity index is 320. The van der Waals surface area contributed by atoms with Crippen molar-refractivity contribution in [3.8, 4) is 0 Å². The molecule has 1 saturated carbocycles. The lowest BCUT2D eigenvalue weighted by molar-refractivity contribution is -0.131. The zero-order chi connectivity index (χ0) is 13.5. The number of nitrogens with one attached hydrogen (secondary N) is 1. The summed E-state index contributed by atoms with van der Waals surface area (Å²) in [6.45, 7) is 12.0. The first kappa shape index (κ1) is 13.9. The fraction of sp³-hybridized carbons (Fsp3) is 0.933. The molecule has 1 N–H and O–H groups in total. The van der Waals surface area contributed by atoms with E-state index in [0.29, 0.717) is 23.2 Å². The summed E-state index contributed by atoms with van der Waals surface area (Å²) in [4.78, 5) is 14.4. The molecule has 0 spiro atoms. The van der Waals surface area contributed by atoms with Crippen LogP contribution in [0.4, 0.5) is 0 Å². The fourth-order valence-corrected chi connectivity index (χ4v) is 3.10. The van der Waals surface area contributed by atoms with Gasteiger partial charge < -0.3 is 4.90 Å². The highest BCUT2D eigenvalue weighted by molar-refractivity contribution is 5.84. The Hall–Kier alpha value is -0.570. The third-order valence-electron chi connectivity index (χ3n) is 4.77. The largest absolute Gasteiger partial charge is 0.325 e. The molecule has 0 aromatic heterocycles. The van der Waals surface area contributed by atoms with Crippen molar-refractivity contribution in [2.24, 2.45) is 17.3 Å². The molecule has 2 rings (SSSR count). The average molecular weight is 252 g/mol. The van der Waals surface area contributed by atoms with Crippen molar-refractivity contribution in [1.82, 2.24) is 10.2 Å². The lowest BCUT2D eigenvalue weighted by Gasteiger charge is -2.31. The van der Waals surface area contributed by atoms with E-state index in [1.165, 1.54) is 12.8 Å². The molecular formula is C15H28N2O. The maximum absolute atomic E-state index is 12.3. The molecule has 0 aromatic rings. The van der Waals surface area contributed by atoms with Crippen molar-refractivity contribution in [1.29, 1.82) is 0 Å². The van der Waals surface area contributed by atoms with E-state index < -0.39 is 0 Å². The van der Waals surface area contributed by atoms with E-state index >= 15 is 0 Å². The summed E-state index contributed by atoms with van der Waals surface area (Å²) < 4.78 is 0. The SMILES string of the molecule is CC(C)CC1NC(C)C(=O)N1CC1(C(C)C)CC1. The first-order chi connectivity index (χ1) is 8.35. The summed E-state index contributed by atoms with van der Waals surface area (Å²) in [5.41, 5.74) is 0.413. The molecule has 3 nitrogen and oxygen atoms in total. The molecule has 0 radical (unpaired) electrons. The molecule has 18 heavy (non-hydrogen) atoms. The molecule has 2 aliphatic rings. The lowest BCUT2D eigenvalue weighted by atomic mass is 9.91. The molecule has 2 fully saturated rings. The Kier molecular flexibility index (Phi) is 3.72. The Labute approximate surface area is 111 Å². The van der Waals surface area contributed by atoms with Gasteiger partial charge in [-0.05, 0) is 43.4 Å². The standard InChI is InChI=1S/C15H28N2O/c1-10(2)8-13-16-12(5)14(18)17(13)9-15(6-7-15)11(3)4/h10-13,16H,6-9H2,1-5H3. The third-order valence-corrected chi connectivity index (χ3v) is 4.77. The van der Waals surface area contributed by atoms with Crippen LogP contribution in [0.25, 0.3) is 0 Å². The second-order valence-corrected chi connectivity index (χ2v) is 7.02. The molecule has 1 amide bonds. The number of carbonyl (C=O) groups excluding carboxylic acids is 1. The van der Waals surface area contributed by atoms with Crippen LogP contribution in [0, 0.1) is 17.3 Å². The minimum atomic E-state index is -0.00304. The van der Waals surface area contributed by atoms with Crippen LogP contribution in [0.3, 0.4) is 0 Å². The highest BCUT2D eigenvalue weighted by atomic mass is 16.2. The number of carbonyl (C=O) groups is 1. The van der Waals surface area contributed by atoms with Crippen LogP contribution in [0.2, 0.25) is 0 Å². The molecule has 1 aliphatic heterocycles. The molecule has 2 atom stereocenters. The maximum Gasteiger partial charge on any atom is 0.240 e. The summed E-state index contributed by atoms with van der Waals surface area (Å²) in [5.74, 6) is 1.60. The predicted molar refractivity (Wildman–Crippen MR) is 74.1 cm³/mol. The minimum Gasteiger partial charge on any atom is -0.325 e. The van der Waals surface area contributed by atoms with Crippen LogP contribution in [0.15, 0.2) is 0 Å². The maximum atomic E-state index is 12.3. The number of nitrogens with zero attached hydrogens (tertiary/aromatic N) is 1. The van der Waals surface area contributed by atoms with E-state index in [-0.39, 0.29) is 12.2 Å². The Morgan fingerprint density at radius 2 is 1.94 bits per heavy atom. The molecular weight excluding hydrogens is 224 g/mol. The number of hydrogen-bond donors (Lipinski definition) is 1. The summed E-state index contributed by atoms with van der Waals surface area (Å²) in [5, 5.41) is 3.45. The Morgan fingerprint density at radius 1 is 1.33 bits per heavy atom. The van der Waals surface area contributed by atoms with E-state index in [1.807, 2.05) is 6.92 Å². The molecule has 104 valence electrons. The smallest absolute Gasteiger partial charge is 0.240 e. The second kappa shape index (κ2) is 4.84. The molecule has 1 heterocycles. The summed E-state index contributed by atoms with van der Waals surface area (Å²) in [6.07, 6.45) is 3.89. The number of amides is 1. The quantitative estimate of drug-likeness (QED) is 0.816. The predicted octanol–water partition coefficient (Wildman–Crippen LogP) is 2.62. The zero-order valence-electron chi connectivity index (χ0n) is 12.5. The van der Waals surface area contributed by atoms with E-state index in [9.17, 15) is 4.79 Å². The molecule has 3 heteroatoms. The minimum absolute atomic E-state index is 0.00304. The fourth-order valence-electron chi connectivity index (χ4n) is 3.10. The topological polar surface area (TPSA) is 32.3 Å². The molecule has 1 aliphatic carbocycles. The van der Waals surface area contributed by atoms with Gasteiger partial charge in [-0.15, -0.1) is 0 Å². The van der Waals surface area contributed by atoms with Gasteiger partial charge in [0.15, 0.2) is 0 Å². The Morgan fingerprint density at radius 3 is 2.39 bits per heavy atom. The van der Waals surface area contributed by atoms with Gasteiger partial charge in [-0.25, -0.2) is 0 Å². The lowest BCUT2D eigenvalue weighted by Crippen LogP contribution is -2.42. The van der Waals surface area contributed by atoms with E-state index in [1.54, 1.807) is 0 Å². The van der Waals surface area contributed by atoms with E-state index in [2.05, 4.69) is 37.9 Å². The van der Waals surface area contributed by atoms with Gasteiger partial charge in [0.25, 0.3) is 0 Å². The molecule has 0 bridgehead atoms. The molecule has 1 saturated heterocycles.